The molecule has 0 aliphatic rings. The first-order chi connectivity index (χ1) is 18.6. The molecule has 0 aromatic heterocycles. The van der Waals surface area contributed by atoms with E-state index in [0.29, 0.717) is 13.2 Å². The molecule has 4 N–H and O–H groups in total. The Kier molecular flexibility index (Phi) is 11.5. The lowest BCUT2D eigenvalue weighted by Crippen LogP contribution is -2.26. The lowest BCUT2D eigenvalue weighted by atomic mass is 10.1. The first-order valence-electron chi connectivity index (χ1n) is 12.9. The van der Waals surface area contributed by atoms with Crippen molar-refractivity contribution in [2.45, 2.75) is 38.1 Å². The Bertz CT molecular complexity index is 1090. The van der Waals surface area contributed by atoms with Gasteiger partial charge in [-0.05, 0) is 59.4 Å². The first kappa shape index (κ1) is 28.1. The summed E-state index contributed by atoms with van der Waals surface area (Å²) in [4.78, 5) is 0. The second-order valence-corrected chi connectivity index (χ2v) is 11.9. The molecule has 6 heteroatoms. The van der Waals surface area contributed by atoms with Gasteiger partial charge in [-0.15, -0.1) is 0 Å². The van der Waals surface area contributed by atoms with E-state index < -0.39 is 0 Å². The van der Waals surface area contributed by atoms with Crippen molar-refractivity contribution in [3.8, 4) is 11.5 Å². The zero-order chi connectivity index (χ0) is 26.4. The highest BCUT2D eigenvalue weighted by molar-refractivity contribution is 8.76. The topological polar surface area (TPSA) is 70.5 Å². The van der Waals surface area contributed by atoms with Crippen molar-refractivity contribution in [1.82, 2.24) is 0 Å². The van der Waals surface area contributed by atoms with Crippen LogP contribution in [0.15, 0.2) is 109 Å². The zero-order valence-electron chi connectivity index (χ0n) is 21.6. The van der Waals surface area contributed by atoms with Gasteiger partial charge in [-0.2, -0.15) is 0 Å². The second-order valence-electron chi connectivity index (χ2n) is 9.33. The molecule has 0 radical (unpaired) electrons. The van der Waals surface area contributed by atoms with Crippen molar-refractivity contribution in [1.29, 1.82) is 0 Å². The van der Waals surface area contributed by atoms with Crippen molar-refractivity contribution < 1.29 is 9.47 Å². The molecule has 4 aromatic rings. The Morgan fingerprint density at radius 1 is 0.474 bits per heavy atom. The van der Waals surface area contributed by atoms with Gasteiger partial charge in [-0.25, -0.2) is 0 Å². The largest absolute Gasteiger partial charge is 0.489 e. The standard InChI is InChI=1S/C32H36N2O2S2/c33-29(19-25-11-15-31(16-12-25)35-21-27-7-3-1-4-8-27)23-37-38-24-30(34)20-26-13-17-32(18-14-26)36-22-28-9-5-2-6-10-28/h1-18,29-30H,19-24,33-34H2/t29-,30-/m1/s1. The number of nitrogens with two attached hydrogens (primary N) is 2. The highest BCUT2D eigenvalue weighted by atomic mass is 33.1. The van der Waals surface area contributed by atoms with Crippen LogP contribution in [0.25, 0.3) is 0 Å². The minimum absolute atomic E-state index is 0.100. The minimum Gasteiger partial charge on any atom is -0.489 e. The molecule has 0 spiro atoms. The van der Waals surface area contributed by atoms with Crippen LogP contribution in [-0.4, -0.2) is 23.6 Å². The van der Waals surface area contributed by atoms with Crippen LogP contribution in [0.2, 0.25) is 0 Å². The Morgan fingerprint density at radius 3 is 1.21 bits per heavy atom. The molecule has 0 aliphatic heterocycles. The molecular weight excluding hydrogens is 508 g/mol. The summed E-state index contributed by atoms with van der Waals surface area (Å²) in [6, 6.07) is 37.1. The Hall–Kier alpha value is -2.90. The van der Waals surface area contributed by atoms with Gasteiger partial charge >= 0.3 is 0 Å². The highest BCUT2D eigenvalue weighted by Gasteiger charge is 2.09. The van der Waals surface area contributed by atoms with E-state index in [9.17, 15) is 0 Å². The third-order valence-electron chi connectivity index (χ3n) is 5.99. The molecule has 0 saturated heterocycles. The van der Waals surface area contributed by atoms with E-state index >= 15 is 0 Å². The molecule has 198 valence electrons. The monoisotopic (exact) mass is 544 g/mol. The lowest BCUT2D eigenvalue weighted by Gasteiger charge is -2.14. The normalized spacial score (nSPS) is 12.6. The number of ether oxygens (including phenoxy) is 2. The molecule has 0 unspecified atom stereocenters. The van der Waals surface area contributed by atoms with Crippen molar-refractivity contribution in [2.75, 3.05) is 11.5 Å². The molecule has 4 nitrogen and oxygen atoms in total. The quantitative estimate of drug-likeness (QED) is 0.129. The molecule has 0 saturated carbocycles. The summed E-state index contributed by atoms with van der Waals surface area (Å²) in [5.74, 6) is 3.52. The molecule has 4 aromatic carbocycles. The average Bonchev–Trinajstić information content (AvgIpc) is 2.96. The van der Waals surface area contributed by atoms with E-state index in [0.717, 1.165) is 47.0 Å². The van der Waals surface area contributed by atoms with Gasteiger partial charge in [-0.1, -0.05) is 107 Å². The zero-order valence-corrected chi connectivity index (χ0v) is 23.2. The molecule has 0 aliphatic carbocycles. The predicted molar refractivity (Wildman–Crippen MR) is 163 cm³/mol. The van der Waals surface area contributed by atoms with Gasteiger partial charge in [0.15, 0.2) is 0 Å². The van der Waals surface area contributed by atoms with E-state index in [1.165, 1.54) is 11.1 Å². The number of benzene rings is 4. The SMILES string of the molecule is N[C@@H](CSSC[C@H](N)Cc1ccc(OCc2ccccc2)cc1)Cc1ccc(OCc2ccccc2)cc1. The maximum absolute atomic E-state index is 6.39. The van der Waals surface area contributed by atoms with Gasteiger partial charge in [0.25, 0.3) is 0 Å². The summed E-state index contributed by atoms with van der Waals surface area (Å²) >= 11 is 0. The van der Waals surface area contributed by atoms with Gasteiger partial charge in [0, 0.05) is 23.6 Å². The summed E-state index contributed by atoms with van der Waals surface area (Å²) < 4.78 is 11.7. The lowest BCUT2D eigenvalue weighted by molar-refractivity contribution is 0.306. The predicted octanol–water partition coefficient (Wildman–Crippen LogP) is 6.67. The summed E-state index contributed by atoms with van der Waals surface area (Å²) in [7, 11) is 3.60. The van der Waals surface area contributed by atoms with Crippen LogP contribution in [0.5, 0.6) is 11.5 Å². The summed E-state index contributed by atoms with van der Waals surface area (Å²) in [6.07, 6.45) is 1.69. The Morgan fingerprint density at radius 2 is 0.842 bits per heavy atom. The van der Waals surface area contributed by atoms with Gasteiger partial charge < -0.3 is 20.9 Å². The fourth-order valence-corrected chi connectivity index (χ4v) is 6.32. The smallest absolute Gasteiger partial charge is 0.119 e. The maximum atomic E-state index is 6.39. The first-order valence-corrected chi connectivity index (χ1v) is 15.4. The molecule has 0 fully saturated rings. The third-order valence-corrected chi connectivity index (χ3v) is 8.60. The molecular formula is C32H36N2O2S2. The number of rotatable bonds is 15. The van der Waals surface area contributed by atoms with Crippen molar-refractivity contribution in [3.63, 3.8) is 0 Å². The van der Waals surface area contributed by atoms with Crippen LogP contribution >= 0.6 is 21.6 Å². The number of hydrogen-bond donors (Lipinski definition) is 2. The van der Waals surface area contributed by atoms with Crippen LogP contribution in [-0.2, 0) is 26.1 Å². The molecule has 2 atom stereocenters. The third kappa shape index (κ3) is 10.1. The van der Waals surface area contributed by atoms with E-state index in [2.05, 4.69) is 48.5 Å². The van der Waals surface area contributed by atoms with Crippen LogP contribution in [0.4, 0.5) is 0 Å². The van der Waals surface area contributed by atoms with Gasteiger partial charge in [0.05, 0.1) is 0 Å². The minimum atomic E-state index is 0.100. The van der Waals surface area contributed by atoms with E-state index in [1.54, 1.807) is 21.6 Å². The van der Waals surface area contributed by atoms with Crippen LogP contribution in [0, 0.1) is 0 Å². The highest BCUT2D eigenvalue weighted by Crippen LogP contribution is 2.24. The Balaban J connectivity index is 1.08. The average molecular weight is 545 g/mol. The molecule has 38 heavy (non-hydrogen) atoms. The fourth-order valence-electron chi connectivity index (χ4n) is 3.92. The van der Waals surface area contributed by atoms with Gasteiger partial charge in [-0.3, -0.25) is 0 Å². The molecule has 0 heterocycles. The van der Waals surface area contributed by atoms with E-state index in [1.807, 2.05) is 60.7 Å². The van der Waals surface area contributed by atoms with E-state index in [4.69, 9.17) is 20.9 Å². The van der Waals surface area contributed by atoms with Crippen molar-refractivity contribution >= 4 is 21.6 Å². The fraction of sp³-hybridized carbons (Fsp3) is 0.250. The molecule has 0 amide bonds. The maximum Gasteiger partial charge on any atom is 0.119 e. The van der Waals surface area contributed by atoms with Crippen molar-refractivity contribution in [2.24, 2.45) is 11.5 Å². The van der Waals surface area contributed by atoms with E-state index in [-0.39, 0.29) is 12.1 Å². The number of hydrogen-bond acceptors (Lipinski definition) is 6. The summed E-state index contributed by atoms with van der Waals surface area (Å²) in [5.41, 5.74) is 17.5. The second kappa shape index (κ2) is 15.5. The van der Waals surface area contributed by atoms with Crippen LogP contribution < -0.4 is 20.9 Å². The van der Waals surface area contributed by atoms with Crippen LogP contribution in [0.1, 0.15) is 22.3 Å². The Labute approximate surface area is 234 Å². The molecule has 4 rings (SSSR count). The van der Waals surface area contributed by atoms with Crippen LogP contribution in [0.3, 0.4) is 0 Å². The molecule has 0 bridgehead atoms. The van der Waals surface area contributed by atoms with Crippen molar-refractivity contribution in [3.05, 3.63) is 131 Å². The van der Waals surface area contributed by atoms with Gasteiger partial charge in [0.1, 0.15) is 24.7 Å². The summed E-state index contributed by atoms with van der Waals surface area (Å²) in [6.45, 7) is 1.15. The van der Waals surface area contributed by atoms with Gasteiger partial charge in [0.2, 0.25) is 0 Å². The summed E-state index contributed by atoms with van der Waals surface area (Å²) in [5, 5.41) is 0.